The Kier molecular flexibility index (Phi) is 7.93. The molecule has 0 aromatic rings. The number of rotatable bonds is 8. The smallest absolute Gasteiger partial charge is 0.140 e. The molecule has 0 fully saturated rings. The minimum absolute atomic E-state index is 0.275. The lowest BCUT2D eigenvalue weighted by Crippen LogP contribution is -2.41. The molecule has 0 radical (unpaired) electrons. The molecule has 0 rings (SSSR count). The molecule has 0 saturated carbocycles. The van der Waals surface area contributed by atoms with E-state index in [1.165, 1.54) is 0 Å². The molecule has 5 nitrogen and oxygen atoms in total. The van der Waals surface area contributed by atoms with Crippen LogP contribution in [0.5, 0.6) is 0 Å². The second-order valence-corrected chi connectivity index (χ2v) is 4.52. The number of nitrogens with zero attached hydrogens (tertiary/aromatic N) is 2. The van der Waals surface area contributed by atoms with Crippen LogP contribution in [0, 0.1) is 0 Å². The number of hydrogen-bond acceptors (Lipinski definition) is 4. The number of amidine groups is 1. The molecule has 0 atom stereocenters. The molecule has 0 aromatic carbocycles. The van der Waals surface area contributed by atoms with Gasteiger partial charge in [-0.1, -0.05) is 5.16 Å². The van der Waals surface area contributed by atoms with Crippen molar-refractivity contribution in [1.82, 2.24) is 10.2 Å². The molecular weight excluding hydrogens is 204 g/mol. The van der Waals surface area contributed by atoms with E-state index in [9.17, 15) is 0 Å². The van der Waals surface area contributed by atoms with Crippen LogP contribution in [0.4, 0.5) is 0 Å². The molecule has 5 heteroatoms. The monoisotopic (exact) mass is 230 g/mol. The van der Waals surface area contributed by atoms with Gasteiger partial charge in [0.25, 0.3) is 0 Å². The topological polar surface area (TPSA) is 73.9 Å². The lowest BCUT2D eigenvalue weighted by atomic mass is 10.2. The first-order valence-corrected chi connectivity index (χ1v) is 5.91. The van der Waals surface area contributed by atoms with Gasteiger partial charge in [-0.05, 0) is 27.7 Å². The summed E-state index contributed by atoms with van der Waals surface area (Å²) in [5.41, 5.74) is 5.36. The third kappa shape index (κ3) is 6.63. The summed E-state index contributed by atoms with van der Waals surface area (Å²) in [4.78, 5) is 2.43. The van der Waals surface area contributed by atoms with E-state index in [4.69, 9.17) is 10.9 Å². The van der Waals surface area contributed by atoms with Crippen LogP contribution in [-0.4, -0.2) is 47.7 Å². The van der Waals surface area contributed by atoms with Crippen molar-refractivity contribution in [2.24, 2.45) is 10.9 Å². The van der Waals surface area contributed by atoms with Gasteiger partial charge in [0, 0.05) is 38.1 Å². The van der Waals surface area contributed by atoms with Crippen molar-refractivity contribution in [3.63, 3.8) is 0 Å². The Morgan fingerprint density at radius 1 is 1.25 bits per heavy atom. The fourth-order valence-electron chi connectivity index (χ4n) is 1.71. The van der Waals surface area contributed by atoms with Gasteiger partial charge in [0.2, 0.25) is 0 Å². The van der Waals surface area contributed by atoms with E-state index in [-0.39, 0.29) is 5.84 Å². The summed E-state index contributed by atoms with van der Waals surface area (Å²) in [5, 5.41) is 14.6. The fraction of sp³-hybridized carbons (Fsp3) is 0.909. The van der Waals surface area contributed by atoms with Crippen molar-refractivity contribution in [2.75, 3.05) is 19.6 Å². The van der Waals surface area contributed by atoms with E-state index >= 15 is 0 Å². The second kappa shape index (κ2) is 8.35. The summed E-state index contributed by atoms with van der Waals surface area (Å²) in [6.45, 7) is 11.5. The predicted molar refractivity (Wildman–Crippen MR) is 67.9 cm³/mol. The number of nitrogens with one attached hydrogen (secondary N) is 1. The maximum absolute atomic E-state index is 8.35. The Hall–Kier alpha value is -0.810. The van der Waals surface area contributed by atoms with Gasteiger partial charge in [0.1, 0.15) is 5.84 Å². The number of oxime groups is 1. The summed E-state index contributed by atoms with van der Waals surface area (Å²) in [5.74, 6) is 0.275. The molecule has 0 unspecified atom stereocenters. The van der Waals surface area contributed by atoms with Crippen LogP contribution in [0.2, 0.25) is 0 Å². The van der Waals surface area contributed by atoms with Crippen LogP contribution in [0.1, 0.15) is 34.1 Å². The Labute approximate surface area is 98.7 Å². The minimum Gasteiger partial charge on any atom is -0.409 e. The van der Waals surface area contributed by atoms with Gasteiger partial charge in [0.05, 0.1) is 0 Å². The van der Waals surface area contributed by atoms with Crippen LogP contribution >= 0.6 is 0 Å². The molecule has 16 heavy (non-hydrogen) atoms. The third-order valence-corrected chi connectivity index (χ3v) is 2.56. The van der Waals surface area contributed by atoms with E-state index in [1.807, 2.05) is 0 Å². The predicted octanol–water partition coefficient (Wildman–Crippen LogP) is 0.831. The first-order valence-electron chi connectivity index (χ1n) is 5.91. The van der Waals surface area contributed by atoms with Crippen LogP contribution < -0.4 is 11.1 Å². The van der Waals surface area contributed by atoms with Crippen LogP contribution in [0.15, 0.2) is 5.16 Å². The van der Waals surface area contributed by atoms with Crippen molar-refractivity contribution in [3.8, 4) is 0 Å². The van der Waals surface area contributed by atoms with E-state index < -0.39 is 0 Å². The zero-order chi connectivity index (χ0) is 12.6. The van der Waals surface area contributed by atoms with E-state index in [0.29, 0.717) is 18.5 Å². The summed E-state index contributed by atoms with van der Waals surface area (Å²) in [6, 6.07) is 1.12. The molecule has 0 aromatic heterocycles. The summed E-state index contributed by atoms with van der Waals surface area (Å²) in [7, 11) is 0. The highest BCUT2D eigenvalue weighted by molar-refractivity contribution is 5.79. The Morgan fingerprint density at radius 2 is 1.81 bits per heavy atom. The van der Waals surface area contributed by atoms with Crippen molar-refractivity contribution >= 4 is 5.84 Å². The highest BCUT2D eigenvalue weighted by atomic mass is 16.4. The summed E-state index contributed by atoms with van der Waals surface area (Å²) < 4.78 is 0. The van der Waals surface area contributed by atoms with Crippen molar-refractivity contribution in [3.05, 3.63) is 0 Å². The average molecular weight is 230 g/mol. The zero-order valence-electron chi connectivity index (χ0n) is 10.9. The molecule has 0 heterocycles. The molecule has 0 spiro atoms. The van der Waals surface area contributed by atoms with E-state index in [2.05, 4.69) is 43.1 Å². The van der Waals surface area contributed by atoms with Gasteiger partial charge in [-0.3, -0.25) is 4.90 Å². The second-order valence-electron chi connectivity index (χ2n) is 4.52. The SMILES string of the molecule is CC(C)N(CCNCCC(N)=NO)C(C)C. The van der Waals surface area contributed by atoms with Gasteiger partial charge in [-0.2, -0.15) is 0 Å². The molecule has 0 aliphatic heterocycles. The Bertz CT molecular complexity index is 196. The Balaban J connectivity index is 3.63. The first-order chi connectivity index (χ1) is 7.49. The van der Waals surface area contributed by atoms with E-state index in [1.54, 1.807) is 0 Å². The maximum atomic E-state index is 8.35. The molecule has 0 aliphatic carbocycles. The maximum Gasteiger partial charge on any atom is 0.140 e. The third-order valence-electron chi connectivity index (χ3n) is 2.56. The number of hydrogen-bond donors (Lipinski definition) is 3. The Morgan fingerprint density at radius 3 is 2.25 bits per heavy atom. The quantitative estimate of drug-likeness (QED) is 0.190. The molecule has 0 saturated heterocycles. The van der Waals surface area contributed by atoms with Crippen LogP contribution in [-0.2, 0) is 0 Å². The summed E-state index contributed by atoms with van der Waals surface area (Å²) in [6.07, 6.45) is 0.583. The number of nitrogens with two attached hydrogens (primary N) is 1. The minimum atomic E-state index is 0.275. The molecule has 96 valence electrons. The van der Waals surface area contributed by atoms with E-state index in [0.717, 1.165) is 19.6 Å². The molecule has 4 N–H and O–H groups in total. The van der Waals surface area contributed by atoms with Crippen molar-refractivity contribution < 1.29 is 5.21 Å². The standard InChI is InChI=1S/C11H26N4O/c1-9(2)15(10(3)4)8-7-13-6-5-11(12)14-16/h9-10,13,16H,5-8H2,1-4H3,(H2,12,14). The molecule has 0 aliphatic rings. The normalized spacial score (nSPS) is 13.1. The molecular formula is C11H26N4O. The van der Waals surface area contributed by atoms with Crippen molar-refractivity contribution in [2.45, 2.75) is 46.2 Å². The zero-order valence-corrected chi connectivity index (χ0v) is 10.9. The van der Waals surface area contributed by atoms with Crippen LogP contribution in [0.3, 0.4) is 0 Å². The lowest BCUT2D eigenvalue weighted by molar-refractivity contribution is 0.176. The van der Waals surface area contributed by atoms with Gasteiger partial charge in [0.15, 0.2) is 0 Å². The average Bonchev–Trinajstić information content (AvgIpc) is 2.21. The van der Waals surface area contributed by atoms with Gasteiger partial charge < -0.3 is 16.3 Å². The first kappa shape index (κ1) is 15.2. The van der Waals surface area contributed by atoms with Crippen molar-refractivity contribution in [1.29, 1.82) is 0 Å². The fourth-order valence-corrected chi connectivity index (χ4v) is 1.71. The molecule has 0 amide bonds. The highest BCUT2D eigenvalue weighted by Crippen LogP contribution is 2.02. The highest BCUT2D eigenvalue weighted by Gasteiger charge is 2.11. The largest absolute Gasteiger partial charge is 0.409 e. The van der Waals surface area contributed by atoms with Gasteiger partial charge >= 0.3 is 0 Å². The summed E-state index contributed by atoms with van der Waals surface area (Å²) >= 11 is 0. The van der Waals surface area contributed by atoms with Crippen LogP contribution in [0.25, 0.3) is 0 Å². The molecule has 0 bridgehead atoms. The van der Waals surface area contributed by atoms with Gasteiger partial charge in [-0.15, -0.1) is 0 Å². The lowest BCUT2D eigenvalue weighted by Gasteiger charge is -2.30. The van der Waals surface area contributed by atoms with Gasteiger partial charge in [-0.25, -0.2) is 0 Å².